The number of carbonyl (C=O) groups is 1. The van der Waals surface area contributed by atoms with Crippen molar-refractivity contribution in [2.24, 2.45) is 0 Å². The van der Waals surface area contributed by atoms with E-state index >= 15 is 0 Å². The van der Waals surface area contributed by atoms with Crippen LogP contribution in [0, 0.1) is 0 Å². The molecule has 0 bridgehead atoms. The van der Waals surface area contributed by atoms with Crippen LogP contribution < -0.4 is 0 Å². The maximum absolute atomic E-state index is 11.5. The van der Waals surface area contributed by atoms with Gasteiger partial charge in [0.15, 0.2) is 0 Å². The van der Waals surface area contributed by atoms with Crippen LogP contribution in [0.15, 0.2) is 0 Å². The van der Waals surface area contributed by atoms with E-state index < -0.39 is 30.1 Å². The predicted molar refractivity (Wildman–Crippen MR) is 60.0 cm³/mol. The Hall–Kier alpha value is -0.690. The average molecular weight is 247 g/mol. The van der Waals surface area contributed by atoms with E-state index in [1.54, 1.807) is 20.8 Å². The Kier molecular flexibility index (Phi) is 4.48. The van der Waals surface area contributed by atoms with E-state index in [1.165, 1.54) is 12.0 Å². The summed E-state index contributed by atoms with van der Waals surface area (Å²) in [4.78, 5) is 12.9. The van der Waals surface area contributed by atoms with Gasteiger partial charge in [-0.25, -0.2) is 4.90 Å². The Morgan fingerprint density at radius 1 is 1.47 bits per heavy atom. The fourth-order valence-electron chi connectivity index (χ4n) is 1.83. The van der Waals surface area contributed by atoms with Crippen molar-refractivity contribution in [1.29, 1.82) is 0 Å². The van der Waals surface area contributed by atoms with Crippen LogP contribution in [0.5, 0.6) is 0 Å². The zero-order valence-corrected chi connectivity index (χ0v) is 10.7. The summed E-state index contributed by atoms with van der Waals surface area (Å²) in [7, 11) is 1.28. The summed E-state index contributed by atoms with van der Waals surface area (Å²) >= 11 is 0. The Labute approximate surface area is 101 Å². The largest absolute Gasteiger partial charge is 0.468 e. The lowest BCUT2D eigenvalue weighted by Crippen LogP contribution is -2.47. The van der Waals surface area contributed by atoms with E-state index in [9.17, 15) is 15.0 Å². The molecule has 2 unspecified atom stereocenters. The monoisotopic (exact) mass is 247 g/mol. The summed E-state index contributed by atoms with van der Waals surface area (Å²) in [6.45, 7) is 5.60. The molecule has 0 radical (unpaired) electrons. The number of likely N-dealkylation sites (tertiary alicyclic amines) is 1. The van der Waals surface area contributed by atoms with Gasteiger partial charge in [-0.15, -0.1) is 0 Å². The molecule has 1 heterocycles. The van der Waals surface area contributed by atoms with Gasteiger partial charge in [-0.3, -0.25) is 4.79 Å². The van der Waals surface area contributed by atoms with Gasteiger partial charge in [0.1, 0.15) is 6.04 Å². The number of carbonyl (C=O) groups excluding carboxylic acids is 1. The fourth-order valence-corrected chi connectivity index (χ4v) is 1.83. The van der Waals surface area contributed by atoms with Crippen LogP contribution in [0.2, 0.25) is 0 Å². The second-order valence-electron chi connectivity index (χ2n) is 5.18. The number of aliphatic hydroxyl groups is 2. The highest BCUT2D eigenvalue weighted by Gasteiger charge is 2.41. The first-order valence-corrected chi connectivity index (χ1v) is 5.62. The van der Waals surface area contributed by atoms with E-state index in [4.69, 9.17) is 4.74 Å². The molecule has 0 amide bonds. The second kappa shape index (κ2) is 5.30. The van der Waals surface area contributed by atoms with Gasteiger partial charge >= 0.3 is 5.97 Å². The van der Waals surface area contributed by atoms with Crippen LogP contribution in [0.1, 0.15) is 27.2 Å². The van der Waals surface area contributed by atoms with Crippen LogP contribution in [-0.2, 0) is 14.3 Å². The molecule has 100 valence electrons. The van der Waals surface area contributed by atoms with E-state index in [2.05, 4.69) is 4.74 Å². The lowest BCUT2D eigenvalue weighted by atomic mass is 10.2. The highest BCUT2D eigenvalue weighted by Crippen LogP contribution is 2.23. The number of esters is 1. The third kappa shape index (κ3) is 3.92. The molecule has 2 N–H and O–H groups in total. The molecule has 0 spiro atoms. The normalized spacial score (nSPS) is 28.1. The molecular weight excluding hydrogens is 226 g/mol. The van der Waals surface area contributed by atoms with E-state index in [0.717, 1.165) is 0 Å². The second-order valence-corrected chi connectivity index (χ2v) is 5.18. The molecular formula is C11H21NO5. The molecule has 0 aromatic heterocycles. The van der Waals surface area contributed by atoms with Crippen molar-refractivity contribution in [3.8, 4) is 0 Å². The fraction of sp³-hybridized carbons (Fsp3) is 0.909. The highest BCUT2D eigenvalue weighted by molar-refractivity contribution is 5.76. The highest BCUT2D eigenvalue weighted by atomic mass is 16.6. The first-order chi connectivity index (χ1) is 7.74. The number of rotatable bonds is 3. The minimum Gasteiger partial charge on any atom is -0.468 e. The van der Waals surface area contributed by atoms with Gasteiger partial charge in [0, 0.05) is 13.0 Å². The molecule has 1 fully saturated rings. The number of aliphatic hydroxyl groups excluding tert-OH is 2. The van der Waals surface area contributed by atoms with Crippen molar-refractivity contribution in [3.63, 3.8) is 0 Å². The Bertz CT molecular complexity index is 276. The van der Waals surface area contributed by atoms with Gasteiger partial charge < -0.3 is 19.7 Å². The predicted octanol–water partition coefficient (Wildman–Crippen LogP) is -0.314. The standard InChI is InChI=1S/C11H21NO5/c1-11(2,3)17-10(15)12-6-7(13)5-8(12)9(14)16-4/h7-8,10,13,15H,5-6H2,1-4H3/t7?,8-,10?/m0/s1. The van der Waals surface area contributed by atoms with Crippen molar-refractivity contribution < 1.29 is 24.5 Å². The molecule has 1 aliphatic rings. The smallest absolute Gasteiger partial charge is 0.323 e. The zero-order chi connectivity index (χ0) is 13.2. The number of nitrogens with zero attached hydrogens (tertiary/aromatic N) is 1. The number of hydrogen-bond donors (Lipinski definition) is 2. The van der Waals surface area contributed by atoms with Crippen LogP contribution in [0.4, 0.5) is 0 Å². The molecule has 1 rings (SSSR count). The van der Waals surface area contributed by atoms with E-state index in [0.29, 0.717) is 0 Å². The molecule has 1 aliphatic heterocycles. The topological polar surface area (TPSA) is 79.2 Å². The van der Waals surface area contributed by atoms with Crippen molar-refractivity contribution in [1.82, 2.24) is 4.90 Å². The lowest BCUT2D eigenvalue weighted by Gasteiger charge is -2.32. The summed E-state index contributed by atoms with van der Waals surface area (Å²) in [5.41, 5.74) is -0.534. The molecule has 0 aliphatic carbocycles. The summed E-state index contributed by atoms with van der Waals surface area (Å²) < 4.78 is 9.99. The summed E-state index contributed by atoms with van der Waals surface area (Å²) in [6.07, 6.45) is -1.63. The van der Waals surface area contributed by atoms with Gasteiger partial charge in [-0.1, -0.05) is 0 Å². The molecule has 6 nitrogen and oxygen atoms in total. The molecule has 3 atom stereocenters. The molecule has 1 saturated heterocycles. The maximum Gasteiger partial charge on any atom is 0.323 e. The number of ether oxygens (including phenoxy) is 2. The summed E-state index contributed by atoms with van der Waals surface area (Å²) in [5, 5.41) is 19.4. The molecule has 0 saturated carbocycles. The first-order valence-electron chi connectivity index (χ1n) is 5.62. The number of hydrogen-bond acceptors (Lipinski definition) is 6. The minimum absolute atomic E-state index is 0.191. The van der Waals surface area contributed by atoms with Gasteiger partial charge in [-0.05, 0) is 20.8 Å². The minimum atomic E-state index is -1.23. The van der Waals surface area contributed by atoms with Crippen LogP contribution in [-0.4, -0.2) is 58.9 Å². The number of β-amino-alcohol motifs (C(OH)–C–C–N with tert-alkyl or cyclic N) is 1. The van der Waals surface area contributed by atoms with Crippen LogP contribution in [0.25, 0.3) is 0 Å². The van der Waals surface area contributed by atoms with Gasteiger partial charge in [0.2, 0.25) is 6.41 Å². The molecule has 0 aromatic rings. The Balaban J connectivity index is 2.70. The Morgan fingerprint density at radius 3 is 2.53 bits per heavy atom. The third-order valence-electron chi connectivity index (χ3n) is 2.53. The molecule has 6 heteroatoms. The van der Waals surface area contributed by atoms with Crippen molar-refractivity contribution in [2.75, 3.05) is 13.7 Å². The van der Waals surface area contributed by atoms with E-state index in [-0.39, 0.29) is 13.0 Å². The molecule has 17 heavy (non-hydrogen) atoms. The lowest BCUT2D eigenvalue weighted by molar-refractivity contribution is -0.244. The van der Waals surface area contributed by atoms with Crippen LogP contribution >= 0.6 is 0 Å². The first kappa shape index (κ1) is 14.4. The summed E-state index contributed by atoms with van der Waals surface area (Å²) in [5.74, 6) is -0.474. The van der Waals surface area contributed by atoms with Gasteiger partial charge in [0.25, 0.3) is 0 Å². The maximum atomic E-state index is 11.5. The summed E-state index contributed by atoms with van der Waals surface area (Å²) in [6, 6.07) is -0.660. The number of methoxy groups -OCH3 is 1. The van der Waals surface area contributed by atoms with Gasteiger partial charge in [0.05, 0.1) is 18.8 Å². The van der Waals surface area contributed by atoms with Crippen molar-refractivity contribution in [3.05, 3.63) is 0 Å². The molecule has 0 aromatic carbocycles. The Morgan fingerprint density at radius 2 is 2.06 bits per heavy atom. The third-order valence-corrected chi connectivity index (χ3v) is 2.53. The van der Waals surface area contributed by atoms with Gasteiger partial charge in [-0.2, -0.15) is 0 Å². The van der Waals surface area contributed by atoms with E-state index in [1.807, 2.05) is 0 Å². The van der Waals surface area contributed by atoms with Crippen molar-refractivity contribution in [2.45, 2.75) is 51.4 Å². The SMILES string of the molecule is COC(=O)[C@@H]1CC(O)CN1C(O)OC(C)(C)C. The zero-order valence-electron chi connectivity index (χ0n) is 10.7. The van der Waals surface area contributed by atoms with Crippen molar-refractivity contribution >= 4 is 5.97 Å². The van der Waals surface area contributed by atoms with Crippen LogP contribution in [0.3, 0.4) is 0 Å². The average Bonchev–Trinajstić information content (AvgIpc) is 2.56. The quantitative estimate of drug-likeness (QED) is 0.526.